The summed E-state index contributed by atoms with van der Waals surface area (Å²) in [6.07, 6.45) is 2.49. The maximum Gasteiger partial charge on any atom is 0.0573 e. The SMILES string of the molecule is CC(C)(Cl)Cc1cc(Cl)c(I)cn1. The van der Waals surface area contributed by atoms with Crippen LogP contribution in [0.1, 0.15) is 19.5 Å². The molecule has 1 aromatic heterocycles. The summed E-state index contributed by atoms with van der Waals surface area (Å²) in [6, 6.07) is 1.87. The van der Waals surface area contributed by atoms with Gasteiger partial charge in [-0.2, -0.15) is 0 Å². The van der Waals surface area contributed by atoms with E-state index < -0.39 is 0 Å². The fraction of sp³-hybridized carbons (Fsp3) is 0.444. The van der Waals surface area contributed by atoms with Crippen LogP contribution in [0.15, 0.2) is 12.3 Å². The van der Waals surface area contributed by atoms with Crippen molar-refractivity contribution >= 4 is 45.8 Å². The number of rotatable bonds is 2. The van der Waals surface area contributed by atoms with Crippen molar-refractivity contribution in [3.05, 3.63) is 26.5 Å². The maximum atomic E-state index is 6.07. The number of aromatic nitrogens is 1. The Balaban J connectivity index is 2.86. The van der Waals surface area contributed by atoms with Crippen molar-refractivity contribution in [1.82, 2.24) is 4.98 Å². The second-order valence-electron chi connectivity index (χ2n) is 3.49. The van der Waals surface area contributed by atoms with Gasteiger partial charge in [-0.1, -0.05) is 11.6 Å². The summed E-state index contributed by atoms with van der Waals surface area (Å²) in [5.74, 6) is 0. The smallest absolute Gasteiger partial charge is 0.0573 e. The molecule has 0 aliphatic rings. The van der Waals surface area contributed by atoms with Crippen molar-refractivity contribution in [3.8, 4) is 0 Å². The molecule has 1 aromatic rings. The molecule has 0 aliphatic heterocycles. The lowest BCUT2D eigenvalue weighted by atomic mass is 10.1. The van der Waals surface area contributed by atoms with E-state index in [0.29, 0.717) is 0 Å². The molecule has 0 radical (unpaired) electrons. The number of halogens is 3. The molecule has 1 nitrogen and oxygen atoms in total. The van der Waals surface area contributed by atoms with Gasteiger partial charge < -0.3 is 0 Å². The van der Waals surface area contributed by atoms with Gasteiger partial charge in [0.05, 0.1) is 5.02 Å². The van der Waals surface area contributed by atoms with Crippen LogP contribution >= 0.6 is 45.8 Å². The summed E-state index contributed by atoms with van der Waals surface area (Å²) in [4.78, 5) is 3.99. The van der Waals surface area contributed by atoms with Gasteiger partial charge in [0.25, 0.3) is 0 Å². The highest BCUT2D eigenvalue weighted by atomic mass is 127. The van der Waals surface area contributed by atoms with Crippen molar-refractivity contribution in [2.75, 3.05) is 0 Å². The minimum atomic E-state index is -0.261. The Labute approximate surface area is 102 Å². The first-order valence-corrected chi connectivity index (χ1v) is 5.71. The van der Waals surface area contributed by atoms with Gasteiger partial charge in [0.1, 0.15) is 0 Å². The van der Waals surface area contributed by atoms with Crippen molar-refractivity contribution in [2.45, 2.75) is 25.1 Å². The zero-order valence-corrected chi connectivity index (χ0v) is 11.1. The minimum absolute atomic E-state index is 0.261. The molecule has 0 aliphatic carbocycles. The second-order valence-corrected chi connectivity index (χ2v) is 6.08. The second kappa shape index (κ2) is 4.32. The summed E-state index contributed by atoms with van der Waals surface area (Å²) >= 11 is 14.2. The summed E-state index contributed by atoms with van der Waals surface area (Å²) in [5, 5.41) is 0.742. The molecular weight excluding hydrogens is 320 g/mol. The lowest BCUT2D eigenvalue weighted by Gasteiger charge is -2.14. The molecule has 0 bridgehead atoms. The Kier molecular flexibility index (Phi) is 3.83. The van der Waals surface area contributed by atoms with E-state index in [1.807, 2.05) is 19.9 Å². The van der Waals surface area contributed by atoms with Gasteiger partial charge in [-0.25, -0.2) is 0 Å². The molecule has 0 saturated heterocycles. The molecule has 4 heteroatoms. The zero-order valence-electron chi connectivity index (χ0n) is 7.44. The first kappa shape index (κ1) is 11.5. The predicted octanol–water partition coefficient (Wildman–Crippen LogP) is 3.90. The number of hydrogen-bond acceptors (Lipinski definition) is 1. The molecule has 0 unspecified atom stereocenters. The van der Waals surface area contributed by atoms with E-state index in [9.17, 15) is 0 Å². The number of hydrogen-bond donors (Lipinski definition) is 0. The van der Waals surface area contributed by atoms with Crippen LogP contribution in [-0.2, 0) is 6.42 Å². The summed E-state index contributed by atoms with van der Waals surface area (Å²) in [6.45, 7) is 3.92. The van der Waals surface area contributed by atoms with Crippen LogP contribution in [0.4, 0.5) is 0 Å². The van der Waals surface area contributed by atoms with Crippen molar-refractivity contribution in [2.24, 2.45) is 0 Å². The first-order valence-electron chi connectivity index (χ1n) is 3.87. The highest BCUT2D eigenvalue weighted by Gasteiger charge is 2.15. The number of nitrogens with zero attached hydrogens (tertiary/aromatic N) is 1. The number of pyridine rings is 1. The van der Waals surface area contributed by atoms with E-state index in [4.69, 9.17) is 23.2 Å². The predicted molar refractivity (Wildman–Crippen MR) is 65.6 cm³/mol. The molecule has 0 aromatic carbocycles. The topological polar surface area (TPSA) is 12.9 Å². The van der Waals surface area contributed by atoms with Crippen LogP contribution in [0, 0.1) is 3.57 Å². The fourth-order valence-corrected chi connectivity index (χ4v) is 1.59. The minimum Gasteiger partial charge on any atom is -0.260 e. The molecule has 0 N–H and O–H groups in total. The Morgan fingerprint density at radius 1 is 1.54 bits per heavy atom. The zero-order chi connectivity index (χ0) is 10.1. The molecule has 0 saturated carbocycles. The van der Waals surface area contributed by atoms with E-state index in [1.54, 1.807) is 6.20 Å². The standard InChI is InChI=1S/C9H10Cl2IN/c1-9(2,11)4-6-3-7(10)8(12)5-13-6/h3,5H,4H2,1-2H3. The summed E-state index contributed by atoms with van der Waals surface area (Å²) in [5.41, 5.74) is 0.936. The van der Waals surface area contributed by atoms with Crippen LogP contribution in [0.25, 0.3) is 0 Å². The van der Waals surface area contributed by atoms with Gasteiger partial charge in [0.2, 0.25) is 0 Å². The molecular formula is C9H10Cl2IN. The molecule has 72 valence electrons. The quantitative estimate of drug-likeness (QED) is 0.592. The van der Waals surface area contributed by atoms with Gasteiger partial charge in [0, 0.05) is 26.8 Å². The van der Waals surface area contributed by atoms with Crippen molar-refractivity contribution in [3.63, 3.8) is 0 Å². The molecule has 13 heavy (non-hydrogen) atoms. The van der Waals surface area contributed by atoms with Gasteiger partial charge in [0.15, 0.2) is 0 Å². The molecule has 1 rings (SSSR count). The molecule has 0 fully saturated rings. The van der Waals surface area contributed by atoms with Gasteiger partial charge in [-0.3, -0.25) is 4.98 Å². The average Bonchev–Trinajstić information content (AvgIpc) is 1.94. The van der Waals surface area contributed by atoms with Crippen molar-refractivity contribution in [1.29, 1.82) is 0 Å². The van der Waals surface area contributed by atoms with E-state index in [0.717, 1.165) is 20.7 Å². The summed E-state index contributed by atoms with van der Waals surface area (Å²) in [7, 11) is 0. The van der Waals surface area contributed by atoms with Gasteiger partial charge in [-0.15, -0.1) is 11.6 Å². The molecule has 0 spiro atoms. The van der Waals surface area contributed by atoms with Crippen LogP contribution in [0.2, 0.25) is 5.02 Å². The van der Waals surface area contributed by atoms with E-state index >= 15 is 0 Å². The average molecular weight is 330 g/mol. The Hall–Kier alpha value is 0.460. The van der Waals surface area contributed by atoms with E-state index in [2.05, 4.69) is 27.6 Å². The maximum absolute atomic E-state index is 6.07. The molecule has 0 amide bonds. The Bertz CT molecular complexity index is 307. The van der Waals surface area contributed by atoms with Gasteiger partial charge in [-0.05, 0) is 42.5 Å². The molecule has 0 atom stereocenters. The van der Waals surface area contributed by atoms with Crippen LogP contribution in [0.3, 0.4) is 0 Å². The third-order valence-corrected chi connectivity index (χ3v) is 3.09. The summed E-state index contributed by atoms with van der Waals surface area (Å²) < 4.78 is 0.968. The largest absolute Gasteiger partial charge is 0.260 e. The third-order valence-electron chi connectivity index (χ3n) is 1.47. The Morgan fingerprint density at radius 3 is 2.62 bits per heavy atom. The highest BCUT2D eigenvalue weighted by molar-refractivity contribution is 14.1. The lowest BCUT2D eigenvalue weighted by molar-refractivity contribution is 0.680. The van der Waals surface area contributed by atoms with E-state index in [1.165, 1.54) is 0 Å². The van der Waals surface area contributed by atoms with Crippen molar-refractivity contribution < 1.29 is 0 Å². The number of alkyl halides is 1. The molecule has 1 heterocycles. The lowest BCUT2D eigenvalue weighted by Crippen LogP contribution is -2.15. The monoisotopic (exact) mass is 329 g/mol. The normalized spacial score (nSPS) is 11.8. The van der Waals surface area contributed by atoms with Crippen LogP contribution in [0.5, 0.6) is 0 Å². The van der Waals surface area contributed by atoms with Crippen LogP contribution in [-0.4, -0.2) is 9.86 Å². The fourth-order valence-electron chi connectivity index (χ4n) is 0.981. The third kappa shape index (κ3) is 4.00. The van der Waals surface area contributed by atoms with Gasteiger partial charge >= 0.3 is 0 Å². The first-order chi connectivity index (χ1) is 5.88. The van der Waals surface area contributed by atoms with Crippen LogP contribution < -0.4 is 0 Å². The Morgan fingerprint density at radius 2 is 2.15 bits per heavy atom. The highest BCUT2D eigenvalue weighted by Crippen LogP contribution is 2.22. The van der Waals surface area contributed by atoms with E-state index in [-0.39, 0.29) is 4.87 Å².